The topological polar surface area (TPSA) is 76.1 Å². The van der Waals surface area contributed by atoms with E-state index < -0.39 is 5.78 Å². The summed E-state index contributed by atoms with van der Waals surface area (Å²) in [5.41, 5.74) is 0.103. The molecule has 1 aromatic carbocycles. The summed E-state index contributed by atoms with van der Waals surface area (Å²) in [7, 11) is 1.47. The van der Waals surface area contributed by atoms with E-state index in [4.69, 9.17) is 9.47 Å². The van der Waals surface area contributed by atoms with Crippen LogP contribution in [0.1, 0.15) is 16.8 Å². The molecule has 1 N–H and O–H groups in total. The highest BCUT2D eigenvalue weighted by molar-refractivity contribution is 6.08. The molecule has 1 aliphatic rings. The molecule has 6 nitrogen and oxygen atoms in total. The molecule has 0 atom stereocenters. The molecule has 1 aliphatic heterocycles. The van der Waals surface area contributed by atoms with Crippen LogP contribution < -0.4 is 4.74 Å². The van der Waals surface area contributed by atoms with Gasteiger partial charge in [-0.15, -0.1) is 0 Å². The van der Waals surface area contributed by atoms with Gasteiger partial charge in [-0.2, -0.15) is 0 Å². The molecule has 0 unspecified atom stereocenters. The van der Waals surface area contributed by atoms with E-state index in [0.717, 1.165) is 0 Å². The molecular weight excluding hydrogens is 262 g/mol. The van der Waals surface area contributed by atoms with Gasteiger partial charge in [0, 0.05) is 13.1 Å². The van der Waals surface area contributed by atoms with Crippen LogP contribution >= 0.6 is 0 Å². The van der Waals surface area contributed by atoms with Crippen molar-refractivity contribution in [1.82, 2.24) is 4.90 Å². The van der Waals surface area contributed by atoms with Gasteiger partial charge in [-0.1, -0.05) is 0 Å². The number of phenols is 1. The lowest BCUT2D eigenvalue weighted by molar-refractivity contribution is -0.134. The number of amides is 1. The first-order valence-corrected chi connectivity index (χ1v) is 6.37. The van der Waals surface area contributed by atoms with Crippen LogP contribution in [0, 0.1) is 0 Å². The largest absolute Gasteiger partial charge is 0.507 e. The molecule has 1 heterocycles. The van der Waals surface area contributed by atoms with E-state index in [1.54, 1.807) is 11.0 Å². The highest BCUT2D eigenvalue weighted by Gasteiger charge is 2.22. The summed E-state index contributed by atoms with van der Waals surface area (Å²) in [5, 5.41) is 9.70. The van der Waals surface area contributed by atoms with E-state index in [2.05, 4.69) is 0 Å². The predicted octanol–water partition coefficient (Wildman–Crippen LogP) is 0.832. The normalized spacial score (nSPS) is 14.9. The van der Waals surface area contributed by atoms with Crippen molar-refractivity contribution in [2.45, 2.75) is 6.42 Å². The van der Waals surface area contributed by atoms with Crippen molar-refractivity contribution in [2.75, 3.05) is 33.4 Å². The van der Waals surface area contributed by atoms with Gasteiger partial charge in [0.15, 0.2) is 5.78 Å². The van der Waals surface area contributed by atoms with Crippen molar-refractivity contribution in [2.24, 2.45) is 0 Å². The SMILES string of the molecule is COc1ccc(O)c(C(=O)CC(=O)N2CCOCC2)c1. The Balaban J connectivity index is 2.05. The number of benzene rings is 1. The summed E-state index contributed by atoms with van der Waals surface area (Å²) in [5.74, 6) is -0.353. The molecule has 108 valence electrons. The van der Waals surface area contributed by atoms with Crippen LogP contribution in [0.25, 0.3) is 0 Å². The number of hydrogen-bond acceptors (Lipinski definition) is 5. The van der Waals surface area contributed by atoms with Crippen LogP contribution in [0.2, 0.25) is 0 Å². The van der Waals surface area contributed by atoms with Crippen LogP contribution in [0.4, 0.5) is 0 Å². The Morgan fingerprint density at radius 2 is 2.05 bits per heavy atom. The van der Waals surface area contributed by atoms with Crippen molar-refractivity contribution in [3.8, 4) is 11.5 Å². The van der Waals surface area contributed by atoms with Gasteiger partial charge >= 0.3 is 0 Å². The molecule has 0 aliphatic carbocycles. The smallest absolute Gasteiger partial charge is 0.230 e. The Kier molecular flexibility index (Phi) is 4.57. The second-order valence-electron chi connectivity index (χ2n) is 4.48. The predicted molar refractivity (Wildman–Crippen MR) is 71.0 cm³/mol. The number of Topliss-reactive ketones (excluding diaryl/α,β-unsaturated/α-hetero) is 1. The first-order chi connectivity index (χ1) is 9.61. The second-order valence-corrected chi connectivity index (χ2v) is 4.48. The second kappa shape index (κ2) is 6.38. The van der Waals surface area contributed by atoms with E-state index in [0.29, 0.717) is 32.1 Å². The van der Waals surface area contributed by atoms with Gasteiger partial charge < -0.3 is 19.5 Å². The molecule has 1 saturated heterocycles. The summed E-state index contributed by atoms with van der Waals surface area (Å²) in [4.78, 5) is 25.7. The van der Waals surface area contributed by atoms with Crippen LogP contribution in [0.15, 0.2) is 18.2 Å². The van der Waals surface area contributed by atoms with Gasteiger partial charge in [-0.05, 0) is 18.2 Å². The number of nitrogens with zero attached hydrogens (tertiary/aromatic N) is 1. The Labute approximate surface area is 116 Å². The van der Waals surface area contributed by atoms with E-state index in [1.807, 2.05) is 0 Å². The minimum absolute atomic E-state index is 0.103. The van der Waals surface area contributed by atoms with Crippen molar-refractivity contribution < 1.29 is 24.2 Å². The van der Waals surface area contributed by atoms with E-state index in [1.165, 1.54) is 19.2 Å². The summed E-state index contributed by atoms with van der Waals surface area (Å²) < 4.78 is 10.2. The average molecular weight is 279 g/mol. The van der Waals surface area contributed by atoms with E-state index >= 15 is 0 Å². The zero-order valence-corrected chi connectivity index (χ0v) is 11.3. The van der Waals surface area contributed by atoms with Crippen LogP contribution in [-0.2, 0) is 9.53 Å². The fourth-order valence-corrected chi connectivity index (χ4v) is 2.02. The zero-order chi connectivity index (χ0) is 14.5. The van der Waals surface area contributed by atoms with Crippen molar-refractivity contribution >= 4 is 11.7 Å². The number of hydrogen-bond donors (Lipinski definition) is 1. The first-order valence-electron chi connectivity index (χ1n) is 6.37. The lowest BCUT2D eigenvalue weighted by Gasteiger charge is -2.26. The molecule has 0 bridgehead atoms. The number of morpholine rings is 1. The Morgan fingerprint density at radius 1 is 1.35 bits per heavy atom. The minimum Gasteiger partial charge on any atom is -0.507 e. The number of phenolic OH excluding ortho intramolecular Hbond substituents is 1. The third-order valence-electron chi connectivity index (χ3n) is 3.18. The Hall–Kier alpha value is -2.08. The van der Waals surface area contributed by atoms with Gasteiger partial charge in [-0.25, -0.2) is 0 Å². The standard InChI is InChI=1S/C14H17NO5/c1-19-10-2-3-12(16)11(8-10)13(17)9-14(18)15-4-6-20-7-5-15/h2-3,8,16H,4-7,9H2,1H3. The number of ether oxygens (including phenoxy) is 2. The highest BCUT2D eigenvalue weighted by Crippen LogP contribution is 2.24. The fraction of sp³-hybridized carbons (Fsp3) is 0.429. The van der Waals surface area contributed by atoms with Crippen LogP contribution in [-0.4, -0.2) is 55.1 Å². The maximum atomic E-state index is 12.1. The molecule has 0 aromatic heterocycles. The van der Waals surface area contributed by atoms with Crippen LogP contribution in [0.5, 0.6) is 11.5 Å². The van der Waals surface area contributed by atoms with Gasteiger partial charge in [-0.3, -0.25) is 9.59 Å². The van der Waals surface area contributed by atoms with E-state index in [-0.39, 0.29) is 23.6 Å². The Bertz CT molecular complexity index is 508. The van der Waals surface area contributed by atoms with E-state index in [9.17, 15) is 14.7 Å². The van der Waals surface area contributed by atoms with Crippen LogP contribution in [0.3, 0.4) is 0 Å². The summed E-state index contributed by atoms with van der Waals surface area (Å²) in [6.07, 6.45) is -0.263. The summed E-state index contributed by atoms with van der Waals surface area (Å²) >= 11 is 0. The number of carbonyl (C=O) groups excluding carboxylic acids is 2. The maximum absolute atomic E-state index is 12.1. The summed E-state index contributed by atoms with van der Waals surface area (Å²) in [6.45, 7) is 1.97. The first kappa shape index (κ1) is 14.3. The zero-order valence-electron chi connectivity index (χ0n) is 11.3. The lowest BCUT2D eigenvalue weighted by Crippen LogP contribution is -2.41. The molecule has 1 aromatic rings. The molecule has 1 amide bonds. The molecule has 1 fully saturated rings. The lowest BCUT2D eigenvalue weighted by atomic mass is 10.1. The van der Waals surface area contributed by atoms with Gasteiger partial charge in [0.25, 0.3) is 0 Å². The number of ketones is 1. The maximum Gasteiger partial charge on any atom is 0.230 e. The third-order valence-corrected chi connectivity index (χ3v) is 3.18. The Morgan fingerprint density at radius 3 is 2.70 bits per heavy atom. The molecule has 6 heteroatoms. The number of carbonyl (C=O) groups is 2. The molecular formula is C14H17NO5. The number of methoxy groups -OCH3 is 1. The fourth-order valence-electron chi connectivity index (χ4n) is 2.02. The van der Waals surface area contributed by atoms with Gasteiger partial charge in [0.2, 0.25) is 5.91 Å². The molecule has 0 saturated carbocycles. The number of aromatic hydroxyl groups is 1. The molecule has 0 radical (unpaired) electrons. The van der Waals surface area contributed by atoms with Crippen molar-refractivity contribution in [3.63, 3.8) is 0 Å². The minimum atomic E-state index is -0.419. The molecule has 0 spiro atoms. The third kappa shape index (κ3) is 3.27. The highest BCUT2D eigenvalue weighted by atomic mass is 16.5. The summed E-state index contributed by atoms with van der Waals surface area (Å²) in [6, 6.07) is 4.37. The molecule has 20 heavy (non-hydrogen) atoms. The quantitative estimate of drug-likeness (QED) is 0.652. The van der Waals surface area contributed by atoms with Gasteiger partial charge in [0.1, 0.15) is 11.5 Å². The van der Waals surface area contributed by atoms with Crippen molar-refractivity contribution in [1.29, 1.82) is 0 Å². The average Bonchev–Trinajstić information content (AvgIpc) is 2.48. The van der Waals surface area contributed by atoms with Gasteiger partial charge in [0.05, 0.1) is 32.3 Å². The van der Waals surface area contributed by atoms with Crippen molar-refractivity contribution in [3.05, 3.63) is 23.8 Å². The molecule has 2 rings (SSSR count). The number of rotatable bonds is 4. The monoisotopic (exact) mass is 279 g/mol.